The predicted octanol–water partition coefficient (Wildman–Crippen LogP) is 4.65. The van der Waals surface area contributed by atoms with Crippen molar-refractivity contribution in [2.24, 2.45) is 5.92 Å². The SMILES string of the molecule is CCn1c2ccccc2c2cc(C(=O)C(C)C)ccc21. The molecule has 20 heavy (non-hydrogen) atoms. The highest BCUT2D eigenvalue weighted by atomic mass is 16.1. The lowest BCUT2D eigenvalue weighted by molar-refractivity contribution is 0.0939. The maximum Gasteiger partial charge on any atom is 0.165 e. The molecule has 0 aliphatic rings. The summed E-state index contributed by atoms with van der Waals surface area (Å²) in [5.74, 6) is 0.243. The molecule has 2 aromatic carbocycles. The van der Waals surface area contributed by atoms with Crippen molar-refractivity contribution in [2.45, 2.75) is 27.3 Å². The molecule has 0 spiro atoms. The van der Waals surface area contributed by atoms with Gasteiger partial charge in [0.1, 0.15) is 0 Å². The Balaban J connectivity index is 2.34. The van der Waals surface area contributed by atoms with Gasteiger partial charge in [0, 0.05) is 39.8 Å². The third kappa shape index (κ3) is 1.83. The Morgan fingerprint density at radius 3 is 2.45 bits per heavy atom. The van der Waals surface area contributed by atoms with Crippen LogP contribution in [0.3, 0.4) is 0 Å². The summed E-state index contributed by atoms with van der Waals surface area (Å²) in [4.78, 5) is 12.2. The highest BCUT2D eigenvalue weighted by Crippen LogP contribution is 2.30. The van der Waals surface area contributed by atoms with Crippen molar-refractivity contribution in [3.63, 3.8) is 0 Å². The van der Waals surface area contributed by atoms with Gasteiger partial charge in [-0.2, -0.15) is 0 Å². The highest BCUT2D eigenvalue weighted by Gasteiger charge is 2.14. The fourth-order valence-corrected chi connectivity index (χ4v) is 2.88. The molecule has 2 heteroatoms. The summed E-state index contributed by atoms with van der Waals surface area (Å²) in [6, 6.07) is 14.5. The second-order valence-corrected chi connectivity index (χ2v) is 5.51. The van der Waals surface area contributed by atoms with Crippen LogP contribution >= 0.6 is 0 Å². The number of carbonyl (C=O) groups is 1. The van der Waals surface area contributed by atoms with Crippen LogP contribution in [0, 0.1) is 5.92 Å². The molecule has 0 fully saturated rings. The van der Waals surface area contributed by atoms with Crippen LogP contribution in [0.5, 0.6) is 0 Å². The molecule has 1 heterocycles. The lowest BCUT2D eigenvalue weighted by Gasteiger charge is -2.05. The average Bonchev–Trinajstić information content (AvgIpc) is 2.79. The molecule has 0 aliphatic heterocycles. The third-order valence-electron chi connectivity index (χ3n) is 3.90. The number of benzene rings is 2. The quantitative estimate of drug-likeness (QED) is 0.632. The molecule has 1 aromatic heterocycles. The van der Waals surface area contributed by atoms with Crippen molar-refractivity contribution in [2.75, 3.05) is 0 Å². The van der Waals surface area contributed by atoms with E-state index in [-0.39, 0.29) is 11.7 Å². The topological polar surface area (TPSA) is 22.0 Å². The lowest BCUT2D eigenvalue weighted by atomic mass is 9.99. The average molecular weight is 265 g/mol. The van der Waals surface area contributed by atoms with E-state index >= 15 is 0 Å². The van der Waals surface area contributed by atoms with Gasteiger partial charge in [0.15, 0.2) is 5.78 Å². The molecule has 0 unspecified atom stereocenters. The van der Waals surface area contributed by atoms with E-state index < -0.39 is 0 Å². The largest absolute Gasteiger partial charge is 0.341 e. The van der Waals surface area contributed by atoms with Gasteiger partial charge >= 0.3 is 0 Å². The van der Waals surface area contributed by atoms with Gasteiger partial charge in [-0.3, -0.25) is 4.79 Å². The van der Waals surface area contributed by atoms with Gasteiger partial charge in [-0.1, -0.05) is 32.0 Å². The number of nitrogens with zero attached hydrogens (tertiary/aromatic N) is 1. The molecule has 2 nitrogen and oxygen atoms in total. The van der Waals surface area contributed by atoms with Crippen molar-refractivity contribution < 1.29 is 4.79 Å². The minimum Gasteiger partial charge on any atom is -0.341 e. The minimum atomic E-state index is 0.0342. The van der Waals surface area contributed by atoms with E-state index in [9.17, 15) is 4.79 Å². The number of carbonyl (C=O) groups excluding carboxylic acids is 1. The summed E-state index contributed by atoms with van der Waals surface area (Å²) < 4.78 is 2.30. The van der Waals surface area contributed by atoms with Crippen molar-refractivity contribution in [1.29, 1.82) is 0 Å². The fourth-order valence-electron chi connectivity index (χ4n) is 2.88. The molecule has 0 saturated heterocycles. The van der Waals surface area contributed by atoms with E-state index in [0.29, 0.717) is 0 Å². The first-order valence-electron chi connectivity index (χ1n) is 7.18. The summed E-state index contributed by atoms with van der Waals surface area (Å²) in [6.45, 7) is 6.98. The van der Waals surface area contributed by atoms with Gasteiger partial charge in [0.2, 0.25) is 0 Å². The standard InChI is InChI=1S/C18H19NO/c1-4-19-16-8-6-5-7-14(16)15-11-13(9-10-17(15)19)18(20)12(2)3/h5-12H,4H2,1-3H3. The molecular formula is C18H19NO. The number of Topliss-reactive ketones (excluding diaryl/α,β-unsaturated/α-hetero) is 1. The number of ketones is 1. The van der Waals surface area contributed by atoms with Gasteiger partial charge < -0.3 is 4.57 Å². The van der Waals surface area contributed by atoms with Crippen molar-refractivity contribution >= 4 is 27.6 Å². The zero-order valence-corrected chi connectivity index (χ0v) is 12.2. The number of hydrogen-bond donors (Lipinski definition) is 0. The molecule has 3 aromatic rings. The van der Waals surface area contributed by atoms with E-state index in [4.69, 9.17) is 0 Å². The first kappa shape index (κ1) is 12.9. The van der Waals surface area contributed by atoms with Gasteiger partial charge in [0.05, 0.1) is 0 Å². The Labute approximate surface area is 119 Å². The number of aryl methyl sites for hydroxylation is 1. The number of para-hydroxylation sites is 1. The maximum absolute atomic E-state index is 12.2. The molecule has 0 N–H and O–H groups in total. The van der Waals surface area contributed by atoms with E-state index in [1.165, 1.54) is 21.8 Å². The lowest BCUT2D eigenvalue weighted by Crippen LogP contribution is -2.07. The van der Waals surface area contributed by atoms with Gasteiger partial charge in [-0.15, -0.1) is 0 Å². The van der Waals surface area contributed by atoms with Crippen LogP contribution in [0.15, 0.2) is 42.5 Å². The highest BCUT2D eigenvalue weighted by molar-refractivity contribution is 6.11. The summed E-state index contributed by atoms with van der Waals surface area (Å²) in [5, 5.41) is 2.40. The van der Waals surface area contributed by atoms with Crippen LogP contribution in [0.1, 0.15) is 31.1 Å². The van der Waals surface area contributed by atoms with Crippen LogP contribution in [0.25, 0.3) is 21.8 Å². The summed E-state index contributed by atoms with van der Waals surface area (Å²) >= 11 is 0. The number of fused-ring (bicyclic) bond motifs is 3. The summed E-state index contributed by atoms with van der Waals surface area (Å²) in [6.07, 6.45) is 0. The molecule has 0 saturated carbocycles. The van der Waals surface area contributed by atoms with Crippen LogP contribution in [-0.4, -0.2) is 10.4 Å². The van der Waals surface area contributed by atoms with E-state index in [1.54, 1.807) is 0 Å². The Hall–Kier alpha value is -2.09. The van der Waals surface area contributed by atoms with E-state index in [2.05, 4.69) is 41.8 Å². The first-order valence-corrected chi connectivity index (χ1v) is 7.18. The molecule has 3 rings (SSSR count). The fraction of sp³-hybridized carbons (Fsp3) is 0.278. The predicted molar refractivity (Wildman–Crippen MR) is 84.3 cm³/mol. The minimum absolute atomic E-state index is 0.0342. The Bertz CT molecular complexity index is 796. The Morgan fingerprint density at radius 2 is 1.75 bits per heavy atom. The van der Waals surface area contributed by atoms with Gasteiger partial charge in [-0.25, -0.2) is 0 Å². The second-order valence-electron chi connectivity index (χ2n) is 5.51. The molecule has 102 valence electrons. The molecular weight excluding hydrogens is 246 g/mol. The molecule has 0 radical (unpaired) electrons. The second kappa shape index (κ2) is 4.78. The number of rotatable bonds is 3. The first-order chi connectivity index (χ1) is 9.63. The number of hydrogen-bond acceptors (Lipinski definition) is 1. The van der Waals surface area contributed by atoms with E-state index in [0.717, 1.165) is 12.1 Å². The van der Waals surface area contributed by atoms with Crippen molar-refractivity contribution in [3.8, 4) is 0 Å². The third-order valence-corrected chi connectivity index (χ3v) is 3.90. The van der Waals surface area contributed by atoms with Gasteiger partial charge in [-0.05, 0) is 31.2 Å². The van der Waals surface area contributed by atoms with Crippen LogP contribution in [0.2, 0.25) is 0 Å². The van der Waals surface area contributed by atoms with Crippen molar-refractivity contribution in [1.82, 2.24) is 4.57 Å². The molecule has 0 atom stereocenters. The summed E-state index contributed by atoms with van der Waals surface area (Å²) in [5.41, 5.74) is 3.25. The smallest absolute Gasteiger partial charge is 0.165 e. The van der Waals surface area contributed by atoms with Gasteiger partial charge in [0.25, 0.3) is 0 Å². The number of aromatic nitrogens is 1. The van der Waals surface area contributed by atoms with E-state index in [1.807, 2.05) is 26.0 Å². The zero-order valence-electron chi connectivity index (χ0n) is 12.2. The zero-order chi connectivity index (χ0) is 14.3. The van der Waals surface area contributed by atoms with Crippen LogP contribution < -0.4 is 0 Å². The molecule has 0 bridgehead atoms. The Kier molecular flexibility index (Phi) is 3.09. The normalized spacial score (nSPS) is 11.6. The maximum atomic E-state index is 12.2. The van der Waals surface area contributed by atoms with Crippen LogP contribution in [0.4, 0.5) is 0 Å². The molecule has 0 aliphatic carbocycles. The Morgan fingerprint density at radius 1 is 1.05 bits per heavy atom. The van der Waals surface area contributed by atoms with Crippen LogP contribution in [-0.2, 0) is 6.54 Å². The summed E-state index contributed by atoms with van der Waals surface area (Å²) in [7, 11) is 0. The monoisotopic (exact) mass is 265 g/mol. The molecule has 0 amide bonds. The van der Waals surface area contributed by atoms with Crippen molar-refractivity contribution in [3.05, 3.63) is 48.0 Å².